The Morgan fingerprint density at radius 1 is 1.20 bits per heavy atom. The summed E-state index contributed by atoms with van der Waals surface area (Å²) in [7, 11) is 0. The van der Waals surface area contributed by atoms with Crippen LogP contribution >= 0.6 is 0 Å². The normalized spacial score (nSPS) is 20.4. The maximum absolute atomic E-state index is 6.11. The molecule has 0 bridgehead atoms. The molecule has 1 saturated carbocycles. The Balaban J connectivity index is 1.98. The Labute approximate surface area is 94.6 Å². The quantitative estimate of drug-likeness (QED) is 0.660. The van der Waals surface area contributed by atoms with Crippen LogP contribution in [0.4, 0.5) is 0 Å². The zero-order valence-electron chi connectivity index (χ0n) is 10.2. The molecule has 1 rings (SSSR count). The lowest BCUT2D eigenvalue weighted by Gasteiger charge is -2.24. The van der Waals surface area contributed by atoms with Crippen molar-refractivity contribution in [1.29, 1.82) is 0 Å². The average Bonchev–Trinajstić information content (AvgIpc) is 2.26. The van der Waals surface area contributed by atoms with Crippen molar-refractivity contribution in [2.24, 2.45) is 11.7 Å². The lowest BCUT2D eigenvalue weighted by Crippen LogP contribution is -2.26. The van der Waals surface area contributed by atoms with Gasteiger partial charge >= 0.3 is 0 Å². The van der Waals surface area contributed by atoms with Gasteiger partial charge in [0.25, 0.3) is 0 Å². The summed E-state index contributed by atoms with van der Waals surface area (Å²) in [4.78, 5) is 0. The van der Waals surface area contributed by atoms with Gasteiger partial charge in [-0.3, -0.25) is 0 Å². The van der Waals surface area contributed by atoms with Crippen molar-refractivity contribution < 1.29 is 4.74 Å². The molecular weight excluding hydrogens is 186 g/mol. The SMILES string of the molecule is CCCOCCC(N)CC1CCCCC1. The molecule has 0 aromatic rings. The predicted molar refractivity (Wildman–Crippen MR) is 64.9 cm³/mol. The highest BCUT2D eigenvalue weighted by molar-refractivity contribution is 4.72. The molecule has 2 N–H and O–H groups in total. The summed E-state index contributed by atoms with van der Waals surface area (Å²) in [6.07, 6.45) is 10.5. The van der Waals surface area contributed by atoms with Crippen molar-refractivity contribution in [2.75, 3.05) is 13.2 Å². The lowest BCUT2D eigenvalue weighted by molar-refractivity contribution is 0.124. The van der Waals surface area contributed by atoms with Gasteiger partial charge in [0.1, 0.15) is 0 Å². The molecule has 0 spiro atoms. The standard InChI is InChI=1S/C13H27NO/c1-2-9-15-10-8-13(14)11-12-6-4-3-5-7-12/h12-13H,2-11,14H2,1H3. The fraction of sp³-hybridized carbons (Fsp3) is 1.00. The Morgan fingerprint density at radius 3 is 2.60 bits per heavy atom. The van der Waals surface area contributed by atoms with Gasteiger partial charge in [-0.1, -0.05) is 39.0 Å². The van der Waals surface area contributed by atoms with Gasteiger partial charge in [0.15, 0.2) is 0 Å². The molecule has 0 heterocycles. The summed E-state index contributed by atoms with van der Waals surface area (Å²) in [6.45, 7) is 3.87. The summed E-state index contributed by atoms with van der Waals surface area (Å²) in [6, 6.07) is 0.366. The van der Waals surface area contributed by atoms with Crippen molar-refractivity contribution >= 4 is 0 Å². The summed E-state index contributed by atoms with van der Waals surface area (Å²) in [5.74, 6) is 0.903. The van der Waals surface area contributed by atoms with E-state index in [4.69, 9.17) is 10.5 Å². The minimum Gasteiger partial charge on any atom is -0.381 e. The molecule has 0 radical (unpaired) electrons. The fourth-order valence-corrected chi connectivity index (χ4v) is 2.45. The van der Waals surface area contributed by atoms with Gasteiger partial charge in [0, 0.05) is 19.3 Å². The molecule has 2 nitrogen and oxygen atoms in total. The molecule has 2 heteroatoms. The minimum absolute atomic E-state index is 0.366. The fourth-order valence-electron chi connectivity index (χ4n) is 2.45. The van der Waals surface area contributed by atoms with Gasteiger partial charge < -0.3 is 10.5 Å². The van der Waals surface area contributed by atoms with Crippen LogP contribution in [0.1, 0.15) is 58.3 Å². The molecular formula is C13H27NO. The van der Waals surface area contributed by atoms with Crippen LogP contribution < -0.4 is 5.73 Å². The van der Waals surface area contributed by atoms with E-state index in [1.165, 1.54) is 38.5 Å². The van der Waals surface area contributed by atoms with Crippen molar-refractivity contribution in [2.45, 2.75) is 64.3 Å². The van der Waals surface area contributed by atoms with Crippen molar-refractivity contribution in [3.63, 3.8) is 0 Å². The lowest BCUT2D eigenvalue weighted by atomic mass is 9.84. The second-order valence-corrected chi connectivity index (χ2v) is 4.90. The van der Waals surface area contributed by atoms with Crippen LogP contribution in [0.3, 0.4) is 0 Å². The molecule has 0 aliphatic heterocycles. The highest BCUT2D eigenvalue weighted by Crippen LogP contribution is 2.27. The third kappa shape index (κ3) is 6.16. The van der Waals surface area contributed by atoms with Crippen LogP contribution in [0, 0.1) is 5.92 Å². The first-order valence-corrected chi connectivity index (χ1v) is 6.66. The maximum Gasteiger partial charge on any atom is 0.0480 e. The Kier molecular flexibility index (Phi) is 7.03. The smallest absolute Gasteiger partial charge is 0.0480 e. The van der Waals surface area contributed by atoms with E-state index in [1.807, 2.05) is 0 Å². The second kappa shape index (κ2) is 8.12. The first-order chi connectivity index (χ1) is 7.33. The number of nitrogens with two attached hydrogens (primary N) is 1. The van der Waals surface area contributed by atoms with E-state index in [0.717, 1.165) is 32.0 Å². The van der Waals surface area contributed by atoms with Crippen molar-refractivity contribution in [3.8, 4) is 0 Å². The Hall–Kier alpha value is -0.0800. The van der Waals surface area contributed by atoms with Crippen LogP contribution in [0.2, 0.25) is 0 Å². The molecule has 15 heavy (non-hydrogen) atoms. The van der Waals surface area contributed by atoms with E-state index in [0.29, 0.717) is 6.04 Å². The summed E-state index contributed by atoms with van der Waals surface area (Å²) >= 11 is 0. The number of hydrogen-bond donors (Lipinski definition) is 1. The van der Waals surface area contributed by atoms with Gasteiger partial charge in [0.2, 0.25) is 0 Å². The van der Waals surface area contributed by atoms with Crippen LogP contribution in [0.5, 0.6) is 0 Å². The van der Waals surface area contributed by atoms with E-state index >= 15 is 0 Å². The zero-order valence-corrected chi connectivity index (χ0v) is 10.2. The van der Waals surface area contributed by atoms with Gasteiger partial charge in [-0.2, -0.15) is 0 Å². The van der Waals surface area contributed by atoms with E-state index in [9.17, 15) is 0 Å². The Morgan fingerprint density at radius 2 is 1.93 bits per heavy atom. The molecule has 1 atom stereocenters. The van der Waals surface area contributed by atoms with Gasteiger partial charge in [0.05, 0.1) is 0 Å². The van der Waals surface area contributed by atoms with Crippen LogP contribution in [-0.2, 0) is 4.74 Å². The third-order valence-corrected chi connectivity index (χ3v) is 3.34. The maximum atomic E-state index is 6.11. The zero-order chi connectivity index (χ0) is 10.9. The number of hydrogen-bond acceptors (Lipinski definition) is 2. The summed E-state index contributed by atoms with van der Waals surface area (Å²) < 4.78 is 5.46. The van der Waals surface area contributed by atoms with Gasteiger partial charge in [-0.15, -0.1) is 0 Å². The van der Waals surface area contributed by atoms with E-state index in [1.54, 1.807) is 0 Å². The molecule has 0 aromatic heterocycles. The highest BCUT2D eigenvalue weighted by atomic mass is 16.5. The van der Waals surface area contributed by atoms with Gasteiger partial charge in [-0.05, 0) is 25.2 Å². The molecule has 0 aromatic carbocycles. The summed E-state index contributed by atoms with van der Waals surface area (Å²) in [5.41, 5.74) is 6.11. The number of ether oxygens (including phenoxy) is 1. The first kappa shape index (κ1) is 13.0. The monoisotopic (exact) mass is 213 g/mol. The topological polar surface area (TPSA) is 35.2 Å². The average molecular weight is 213 g/mol. The summed E-state index contributed by atoms with van der Waals surface area (Å²) in [5, 5.41) is 0. The first-order valence-electron chi connectivity index (χ1n) is 6.66. The van der Waals surface area contributed by atoms with Crippen molar-refractivity contribution in [1.82, 2.24) is 0 Å². The van der Waals surface area contributed by atoms with E-state index < -0.39 is 0 Å². The van der Waals surface area contributed by atoms with Crippen LogP contribution in [0.25, 0.3) is 0 Å². The van der Waals surface area contributed by atoms with Crippen LogP contribution in [0.15, 0.2) is 0 Å². The predicted octanol–water partition coefficient (Wildman–Crippen LogP) is 3.10. The Bertz CT molecular complexity index is 143. The molecule has 1 aliphatic carbocycles. The largest absolute Gasteiger partial charge is 0.381 e. The minimum atomic E-state index is 0.366. The highest BCUT2D eigenvalue weighted by Gasteiger charge is 2.16. The van der Waals surface area contributed by atoms with Crippen molar-refractivity contribution in [3.05, 3.63) is 0 Å². The molecule has 0 amide bonds. The van der Waals surface area contributed by atoms with E-state index in [2.05, 4.69) is 6.92 Å². The van der Waals surface area contributed by atoms with Gasteiger partial charge in [-0.25, -0.2) is 0 Å². The molecule has 0 saturated heterocycles. The third-order valence-electron chi connectivity index (χ3n) is 3.34. The molecule has 1 fully saturated rings. The molecule has 1 aliphatic rings. The number of rotatable bonds is 7. The second-order valence-electron chi connectivity index (χ2n) is 4.90. The van der Waals surface area contributed by atoms with E-state index in [-0.39, 0.29) is 0 Å². The van der Waals surface area contributed by atoms with Crippen LogP contribution in [-0.4, -0.2) is 19.3 Å². The molecule has 90 valence electrons. The molecule has 1 unspecified atom stereocenters.